The third-order valence-electron chi connectivity index (χ3n) is 5.95. The van der Waals surface area contributed by atoms with E-state index in [2.05, 4.69) is 15.1 Å². The summed E-state index contributed by atoms with van der Waals surface area (Å²) >= 11 is 13.5. The molecule has 2 amide bonds. The fraction of sp³-hybridized carbons (Fsp3) is 0.200. The van der Waals surface area contributed by atoms with Crippen molar-refractivity contribution in [2.75, 3.05) is 6.54 Å². The fourth-order valence-electron chi connectivity index (χ4n) is 4.26. The molecule has 0 radical (unpaired) electrons. The number of urea groups is 1. The molecule has 2 N–H and O–H groups in total. The van der Waals surface area contributed by atoms with Crippen LogP contribution in [-0.2, 0) is 23.0 Å². The number of hydrogen-bond acceptors (Lipinski definition) is 5. The number of allylic oxidation sites excluding steroid dienone is 1. The summed E-state index contributed by atoms with van der Waals surface area (Å²) in [6, 6.07) is 13.5. The fourth-order valence-corrected chi connectivity index (χ4v) is 7.06. The molecule has 2 heterocycles. The van der Waals surface area contributed by atoms with Crippen molar-refractivity contribution >= 4 is 66.3 Å². The molecule has 11 heteroatoms. The highest BCUT2D eigenvalue weighted by Gasteiger charge is 2.22. The SMILES string of the molecule is O=C(NCC=C1CCCc2cnn(Cc3ccc(Cl)cc3Cl)c21)NS(=O)(=O)c1cc2ccccc2s1. The number of halogens is 2. The number of fused-ring (bicyclic) bond motifs is 2. The first-order valence-corrected chi connectivity index (χ1v) is 14.3. The molecule has 5 rings (SSSR count). The molecule has 0 unspecified atom stereocenters. The zero-order valence-electron chi connectivity index (χ0n) is 19.0. The highest BCUT2D eigenvalue weighted by molar-refractivity contribution is 7.92. The number of hydrogen-bond donors (Lipinski definition) is 2. The van der Waals surface area contributed by atoms with Gasteiger partial charge in [-0.15, -0.1) is 11.3 Å². The van der Waals surface area contributed by atoms with Gasteiger partial charge in [0.1, 0.15) is 4.21 Å². The maximum atomic E-state index is 12.7. The molecule has 0 saturated heterocycles. The lowest BCUT2D eigenvalue weighted by molar-refractivity contribution is 0.247. The Hall–Kier alpha value is -2.85. The Labute approximate surface area is 222 Å². The second-order valence-corrected chi connectivity index (χ2v) is 12.3. The third-order valence-corrected chi connectivity index (χ3v) is 9.46. The second-order valence-electron chi connectivity index (χ2n) is 8.41. The smallest absolute Gasteiger partial charge is 0.328 e. The van der Waals surface area contributed by atoms with Crippen LogP contribution in [0.3, 0.4) is 0 Å². The molecule has 0 aliphatic heterocycles. The molecule has 2 aromatic carbocycles. The minimum Gasteiger partial charge on any atom is -0.334 e. The number of thiophene rings is 1. The van der Waals surface area contributed by atoms with Crippen LogP contribution in [0.1, 0.15) is 29.7 Å². The number of aryl methyl sites for hydroxylation is 1. The van der Waals surface area contributed by atoms with Crippen molar-refractivity contribution in [2.45, 2.75) is 30.0 Å². The van der Waals surface area contributed by atoms with Gasteiger partial charge in [0.25, 0.3) is 10.0 Å². The predicted octanol–water partition coefficient (Wildman–Crippen LogP) is 5.86. The molecule has 7 nitrogen and oxygen atoms in total. The number of rotatable bonds is 6. The van der Waals surface area contributed by atoms with Gasteiger partial charge in [-0.2, -0.15) is 5.10 Å². The highest BCUT2D eigenvalue weighted by atomic mass is 35.5. The number of carbonyl (C=O) groups is 1. The van der Waals surface area contributed by atoms with Crippen LogP contribution in [0.5, 0.6) is 0 Å². The van der Waals surface area contributed by atoms with Gasteiger partial charge >= 0.3 is 6.03 Å². The standard InChI is InChI=1S/C25H22Cl2N4O3S2/c26-20-9-8-19(21(27)13-20)15-31-24-16(5-3-6-18(24)14-29-31)10-11-28-25(32)30-36(33,34)23-12-17-4-1-2-7-22(17)35-23/h1-2,4,7-10,12-14H,3,5-6,11,15H2,(H2,28,30,32). The summed E-state index contributed by atoms with van der Waals surface area (Å²) in [6.07, 6.45) is 6.49. The number of aromatic nitrogens is 2. The van der Waals surface area contributed by atoms with E-state index in [1.165, 1.54) is 0 Å². The van der Waals surface area contributed by atoms with Crippen LogP contribution in [0.25, 0.3) is 15.7 Å². The van der Waals surface area contributed by atoms with E-state index in [4.69, 9.17) is 23.2 Å². The summed E-state index contributed by atoms with van der Waals surface area (Å²) in [6.45, 7) is 0.666. The van der Waals surface area contributed by atoms with Gasteiger partial charge in [-0.3, -0.25) is 4.68 Å². The lowest BCUT2D eigenvalue weighted by atomic mass is 9.92. The average molecular weight is 562 g/mol. The zero-order chi connectivity index (χ0) is 25.3. The molecule has 36 heavy (non-hydrogen) atoms. The second kappa shape index (κ2) is 10.3. The van der Waals surface area contributed by atoms with E-state index in [0.717, 1.165) is 63.1 Å². The Bertz CT molecular complexity index is 1560. The largest absolute Gasteiger partial charge is 0.334 e. The van der Waals surface area contributed by atoms with Crippen molar-refractivity contribution in [3.63, 3.8) is 0 Å². The summed E-state index contributed by atoms with van der Waals surface area (Å²) in [4.78, 5) is 12.4. The van der Waals surface area contributed by atoms with Crippen molar-refractivity contribution in [3.05, 3.63) is 87.7 Å². The van der Waals surface area contributed by atoms with E-state index >= 15 is 0 Å². The molecule has 186 valence electrons. The van der Waals surface area contributed by atoms with Gasteiger partial charge < -0.3 is 5.32 Å². The normalized spacial score (nSPS) is 14.7. The summed E-state index contributed by atoms with van der Waals surface area (Å²) in [5.41, 5.74) is 4.09. The molecule has 1 aliphatic rings. The van der Waals surface area contributed by atoms with Crippen LogP contribution in [0.15, 0.2) is 65.0 Å². The van der Waals surface area contributed by atoms with Gasteiger partial charge in [0.15, 0.2) is 0 Å². The van der Waals surface area contributed by atoms with Gasteiger partial charge in [0, 0.05) is 21.3 Å². The summed E-state index contributed by atoms with van der Waals surface area (Å²) in [7, 11) is -3.97. The summed E-state index contributed by atoms with van der Waals surface area (Å²) in [5, 5.41) is 9.15. The van der Waals surface area contributed by atoms with Gasteiger partial charge in [-0.1, -0.05) is 53.5 Å². The number of amides is 2. The van der Waals surface area contributed by atoms with Crippen molar-refractivity contribution in [1.82, 2.24) is 19.8 Å². The Balaban J connectivity index is 1.27. The van der Waals surface area contributed by atoms with E-state index in [9.17, 15) is 13.2 Å². The van der Waals surface area contributed by atoms with Crippen LogP contribution in [0, 0.1) is 0 Å². The Morgan fingerprint density at radius 2 is 1.97 bits per heavy atom. The first-order chi connectivity index (χ1) is 17.3. The van der Waals surface area contributed by atoms with E-state index < -0.39 is 16.1 Å². The third kappa shape index (κ3) is 5.29. The minimum absolute atomic E-state index is 0.0962. The summed E-state index contributed by atoms with van der Waals surface area (Å²) in [5.74, 6) is 0. The first-order valence-electron chi connectivity index (χ1n) is 11.3. The van der Waals surface area contributed by atoms with E-state index in [0.29, 0.717) is 16.6 Å². The number of benzene rings is 2. The Kier molecular flexibility index (Phi) is 7.07. The van der Waals surface area contributed by atoms with Crippen molar-refractivity contribution in [1.29, 1.82) is 0 Å². The number of carbonyl (C=O) groups excluding carboxylic acids is 1. The molecule has 0 saturated carbocycles. The Morgan fingerprint density at radius 3 is 2.78 bits per heavy atom. The minimum atomic E-state index is -3.97. The lowest BCUT2D eigenvalue weighted by Crippen LogP contribution is -2.39. The molecular formula is C25H22Cl2N4O3S2. The summed E-state index contributed by atoms with van der Waals surface area (Å²) < 4.78 is 30.3. The quantitative estimate of drug-likeness (QED) is 0.309. The molecule has 0 bridgehead atoms. The maximum absolute atomic E-state index is 12.7. The van der Waals surface area contributed by atoms with Crippen molar-refractivity contribution < 1.29 is 13.2 Å². The predicted molar refractivity (Wildman–Crippen MR) is 144 cm³/mol. The van der Waals surface area contributed by atoms with Crippen molar-refractivity contribution in [2.24, 2.45) is 0 Å². The highest BCUT2D eigenvalue weighted by Crippen LogP contribution is 2.32. The van der Waals surface area contributed by atoms with Gasteiger partial charge in [0.2, 0.25) is 0 Å². The lowest BCUT2D eigenvalue weighted by Gasteiger charge is -2.18. The number of nitrogens with one attached hydrogen (secondary N) is 2. The van der Waals surface area contributed by atoms with Crippen molar-refractivity contribution in [3.8, 4) is 0 Å². The van der Waals surface area contributed by atoms with Crippen LogP contribution >= 0.6 is 34.5 Å². The van der Waals surface area contributed by atoms with E-state index in [1.807, 2.05) is 47.3 Å². The maximum Gasteiger partial charge on any atom is 0.328 e. The number of sulfonamides is 1. The topological polar surface area (TPSA) is 93.1 Å². The molecule has 4 aromatic rings. The van der Waals surface area contributed by atoms with Gasteiger partial charge in [0.05, 0.1) is 18.4 Å². The molecule has 2 aromatic heterocycles. The van der Waals surface area contributed by atoms with E-state index in [-0.39, 0.29) is 10.8 Å². The average Bonchev–Trinajstić information content (AvgIpc) is 3.46. The molecular weight excluding hydrogens is 539 g/mol. The van der Waals surface area contributed by atoms with Gasteiger partial charge in [-0.25, -0.2) is 17.9 Å². The van der Waals surface area contributed by atoms with Gasteiger partial charge in [-0.05, 0) is 65.6 Å². The molecule has 1 aliphatic carbocycles. The molecule has 0 atom stereocenters. The van der Waals surface area contributed by atoms with Crippen LogP contribution < -0.4 is 10.0 Å². The molecule has 0 spiro atoms. The number of nitrogens with zero attached hydrogens (tertiary/aromatic N) is 2. The Morgan fingerprint density at radius 1 is 1.14 bits per heavy atom. The zero-order valence-corrected chi connectivity index (χ0v) is 22.1. The first kappa shape index (κ1) is 24.8. The molecule has 0 fully saturated rings. The monoisotopic (exact) mass is 560 g/mol. The van der Waals surface area contributed by atoms with Crippen LogP contribution in [-0.4, -0.2) is 30.8 Å². The van der Waals surface area contributed by atoms with Crippen LogP contribution in [0.4, 0.5) is 4.79 Å². The van der Waals surface area contributed by atoms with Crippen LogP contribution in [0.2, 0.25) is 10.0 Å². The van der Waals surface area contributed by atoms with E-state index in [1.54, 1.807) is 18.2 Å².